The molecule has 0 atom stereocenters. The number of aromatic nitrogens is 2. The number of nitrogens with zero attached hydrogens (tertiary/aromatic N) is 4. The first kappa shape index (κ1) is 19.8. The Labute approximate surface area is 176 Å². The van der Waals surface area contributed by atoms with Crippen LogP contribution in [0.1, 0.15) is 32.1 Å². The standard InChI is InChI=1S/C19H21N5O3S2/c1-23-18(27)24(16(26)19(23)9-5-2-6-10-19)11-15(25)21-13-7-3-4-8-14(13)29-17-22-20-12-28-17/h3-4,7-8,12H,2,5-6,9-11H2,1H3,(H,21,25). The van der Waals surface area contributed by atoms with Crippen LogP contribution in [0.5, 0.6) is 0 Å². The fourth-order valence-corrected chi connectivity index (χ4v) is 5.49. The lowest BCUT2D eigenvalue weighted by Gasteiger charge is -2.35. The predicted molar refractivity (Wildman–Crippen MR) is 110 cm³/mol. The lowest BCUT2D eigenvalue weighted by atomic mass is 9.81. The lowest BCUT2D eigenvalue weighted by molar-refractivity contribution is -0.136. The van der Waals surface area contributed by atoms with E-state index in [4.69, 9.17) is 0 Å². The van der Waals surface area contributed by atoms with E-state index in [1.54, 1.807) is 18.6 Å². The number of nitrogens with one attached hydrogen (secondary N) is 1. The van der Waals surface area contributed by atoms with E-state index in [9.17, 15) is 14.4 Å². The highest BCUT2D eigenvalue weighted by molar-refractivity contribution is 8.01. The van der Waals surface area contributed by atoms with Crippen molar-refractivity contribution in [1.82, 2.24) is 20.0 Å². The van der Waals surface area contributed by atoms with Crippen molar-refractivity contribution in [2.24, 2.45) is 0 Å². The van der Waals surface area contributed by atoms with Crippen molar-refractivity contribution in [3.05, 3.63) is 29.8 Å². The number of hydrogen-bond acceptors (Lipinski definition) is 7. The van der Waals surface area contributed by atoms with E-state index in [-0.39, 0.29) is 12.5 Å². The summed E-state index contributed by atoms with van der Waals surface area (Å²) >= 11 is 2.81. The SMILES string of the molecule is CN1C(=O)N(CC(=O)Nc2ccccc2Sc2nncs2)C(=O)C12CCCCC2. The van der Waals surface area contributed by atoms with E-state index in [1.807, 2.05) is 18.2 Å². The van der Waals surface area contributed by atoms with Crippen molar-refractivity contribution in [1.29, 1.82) is 0 Å². The smallest absolute Gasteiger partial charge is 0.323 e. The number of anilines is 1. The van der Waals surface area contributed by atoms with E-state index in [0.29, 0.717) is 18.5 Å². The topological polar surface area (TPSA) is 95.5 Å². The second-order valence-corrected chi connectivity index (χ2v) is 9.30. The zero-order valence-corrected chi connectivity index (χ0v) is 17.6. The Kier molecular flexibility index (Phi) is 5.55. The molecule has 4 rings (SSSR count). The van der Waals surface area contributed by atoms with Crippen molar-refractivity contribution in [3.8, 4) is 0 Å². The average Bonchev–Trinajstić information content (AvgIpc) is 3.30. The molecule has 2 heterocycles. The molecule has 0 radical (unpaired) electrons. The summed E-state index contributed by atoms with van der Waals surface area (Å²) in [6.07, 6.45) is 4.22. The number of para-hydroxylation sites is 1. The molecule has 2 aromatic rings. The number of hydrogen-bond donors (Lipinski definition) is 1. The summed E-state index contributed by atoms with van der Waals surface area (Å²) in [5.41, 5.74) is 1.48. The summed E-state index contributed by atoms with van der Waals surface area (Å²) in [6.45, 7) is -0.290. The number of carbonyl (C=O) groups is 3. The van der Waals surface area contributed by atoms with Gasteiger partial charge in [0.1, 0.15) is 17.6 Å². The first-order chi connectivity index (χ1) is 14.0. The highest BCUT2D eigenvalue weighted by atomic mass is 32.2. The van der Waals surface area contributed by atoms with Gasteiger partial charge in [-0.2, -0.15) is 0 Å². The van der Waals surface area contributed by atoms with Gasteiger partial charge in [-0.05, 0) is 25.0 Å². The van der Waals surface area contributed by atoms with Crippen molar-refractivity contribution in [3.63, 3.8) is 0 Å². The van der Waals surface area contributed by atoms with Crippen LogP contribution in [0.2, 0.25) is 0 Å². The first-order valence-electron chi connectivity index (χ1n) is 9.44. The van der Waals surface area contributed by atoms with Crippen LogP contribution >= 0.6 is 23.1 Å². The molecule has 0 bridgehead atoms. The Morgan fingerprint density at radius 3 is 2.72 bits per heavy atom. The Balaban J connectivity index is 1.46. The van der Waals surface area contributed by atoms with Gasteiger partial charge >= 0.3 is 6.03 Å². The maximum absolute atomic E-state index is 13.0. The molecule has 29 heavy (non-hydrogen) atoms. The highest BCUT2D eigenvalue weighted by Crippen LogP contribution is 2.39. The maximum Gasteiger partial charge on any atom is 0.327 e. The second-order valence-electron chi connectivity index (χ2n) is 7.18. The number of benzene rings is 1. The number of carbonyl (C=O) groups excluding carboxylic acids is 3. The van der Waals surface area contributed by atoms with Crippen LogP contribution in [0.3, 0.4) is 0 Å². The van der Waals surface area contributed by atoms with Gasteiger partial charge in [-0.3, -0.25) is 14.5 Å². The highest BCUT2D eigenvalue weighted by Gasteiger charge is 2.55. The zero-order chi connectivity index (χ0) is 20.4. The number of rotatable bonds is 5. The molecule has 1 aliphatic carbocycles. The molecule has 1 aromatic carbocycles. The van der Waals surface area contributed by atoms with Crippen LogP contribution in [0.25, 0.3) is 0 Å². The van der Waals surface area contributed by atoms with E-state index in [1.165, 1.54) is 28.0 Å². The van der Waals surface area contributed by atoms with Crippen molar-refractivity contribution >= 4 is 46.6 Å². The lowest BCUT2D eigenvalue weighted by Crippen LogP contribution is -2.49. The first-order valence-corrected chi connectivity index (χ1v) is 11.1. The fourth-order valence-electron chi connectivity index (χ4n) is 3.96. The summed E-state index contributed by atoms with van der Waals surface area (Å²) in [5.74, 6) is -0.658. The monoisotopic (exact) mass is 431 g/mol. The van der Waals surface area contributed by atoms with E-state index in [0.717, 1.165) is 33.4 Å². The number of likely N-dealkylation sites (N-methyl/N-ethyl adjacent to an activating group) is 1. The van der Waals surface area contributed by atoms with Crippen LogP contribution in [-0.4, -0.2) is 57.0 Å². The van der Waals surface area contributed by atoms with Gasteiger partial charge in [-0.1, -0.05) is 54.5 Å². The number of urea groups is 1. The van der Waals surface area contributed by atoms with Crippen molar-refractivity contribution < 1.29 is 14.4 Å². The summed E-state index contributed by atoms with van der Waals surface area (Å²) in [6, 6.07) is 6.94. The molecule has 1 aromatic heterocycles. The molecule has 1 aliphatic heterocycles. The summed E-state index contributed by atoms with van der Waals surface area (Å²) < 4.78 is 0.762. The van der Waals surface area contributed by atoms with E-state index >= 15 is 0 Å². The average molecular weight is 432 g/mol. The number of amides is 4. The minimum atomic E-state index is -0.777. The zero-order valence-electron chi connectivity index (χ0n) is 16.0. The molecule has 2 aliphatic rings. The third-order valence-corrected chi connectivity index (χ3v) is 7.34. The Bertz CT molecular complexity index is 928. The van der Waals surface area contributed by atoms with Crippen molar-refractivity contribution in [2.75, 3.05) is 18.9 Å². The van der Waals surface area contributed by atoms with E-state index < -0.39 is 17.5 Å². The Hall–Kier alpha value is -2.46. The van der Waals surface area contributed by atoms with E-state index in [2.05, 4.69) is 15.5 Å². The molecule has 0 unspecified atom stereocenters. The molecule has 4 amide bonds. The van der Waals surface area contributed by atoms with Gasteiger partial charge in [0.15, 0.2) is 4.34 Å². The minimum absolute atomic E-state index is 0.253. The van der Waals surface area contributed by atoms with Crippen LogP contribution in [0.15, 0.2) is 39.0 Å². The molecule has 10 heteroatoms. The second kappa shape index (κ2) is 8.11. The summed E-state index contributed by atoms with van der Waals surface area (Å²) in [5, 5.41) is 10.7. The molecule has 1 N–H and O–H groups in total. The van der Waals surface area contributed by atoms with Crippen LogP contribution in [-0.2, 0) is 9.59 Å². The molecule has 1 saturated carbocycles. The van der Waals surface area contributed by atoms with Gasteiger partial charge in [0.05, 0.1) is 5.69 Å². The Morgan fingerprint density at radius 2 is 2.00 bits per heavy atom. The largest absolute Gasteiger partial charge is 0.327 e. The Morgan fingerprint density at radius 1 is 1.24 bits per heavy atom. The van der Waals surface area contributed by atoms with Crippen LogP contribution in [0.4, 0.5) is 10.5 Å². The quantitative estimate of drug-likeness (QED) is 0.731. The molecular weight excluding hydrogens is 410 g/mol. The van der Waals surface area contributed by atoms with Gasteiger partial charge in [-0.25, -0.2) is 4.79 Å². The summed E-state index contributed by atoms with van der Waals surface area (Å²) in [7, 11) is 1.66. The van der Waals surface area contributed by atoms with Crippen LogP contribution < -0.4 is 5.32 Å². The van der Waals surface area contributed by atoms with Gasteiger partial charge in [0, 0.05) is 11.9 Å². The predicted octanol–water partition coefficient (Wildman–Crippen LogP) is 3.22. The molecule has 8 nitrogen and oxygen atoms in total. The fraction of sp³-hybridized carbons (Fsp3) is 0.421. The molecule has 2 fully saturated rings. The molecule has 152 valence electrons. The van der Waals surface area contributed by atoms with Crippen LogP contribution in [0, 0.1) is 0 Å². The van der Waals surface area contributed by atoms with Gasteiger partial charge in [0.25, 0.3) is 5.91 Å². The molecule has 1 saturated heterocycles. The maximum atomic E-state index is 13.0. The molecular formula is C19H21N5O3S2. The normalized spacial score (nSPS) is 18.5. The third-order valence-electron chi connectivity index (χ3n) is 5.48. The number of imide groups is 1. The van der Waals surface area contributed by atoms with Gasteiger partial charge in [0.2, 0.25) is 5.91 Å². The minimum Gasteiger partial charge on any atom is -0.323 e. The summed E-state index contributed by atoms with van der Waals surface area (Å²) in [4.78, 5) is 41.8. The van der Waals surface area contributed by atoms with Gasteiger partial charge in [-0.15, -0.1) is 10.2 Å². The van der Waals surface area contributed by atoms with Crippen molar-refractivity contribution in [2.45, 2.75) is 46.9 Å². The molecule has 1 spiro atoms. The third kappa shape index (κ3) is 3.74. The van der Waals surface area contributed by atoms with Gasteiger partial charge < -0.3 is 10.2 Å².